The quantitative estimate of drug-likeness (QED) is 0.592. The Morgan fingerprint density at radius 1 is 1.46 bits per heavy atom. The highest BCUT2D eigenvalue weighted by Gasteiger charge is 2.23. The van der Waals surface area contributed by atoms with Gasteiger partial charge in [0.25, 0.3) is 5.91 Å². The van der Waals surface area contributed by atoms with E-state index in [0.717, 1.165) is 0 Å². The van der Waals surface area contributed by atoms with Gasteiger partial charge in [0.1, 0.15) is 11.6 Å². The second-order valence-corrected chi connectivity index (χ2v) is 5.62. The molecule has 1 atom stereocenters. The molecule has 2 heterocycles. The Morgan fingerprint density at radius 3 is 2.79 bits per heavy atom. The zero-order chi connectivity index (χ0) is 17.7. The summed E-state index contributed by atoms with van der Waals surface area (Å²) in [6.45, 7) is 3.03. The fraction of sp³-hybridized carbons (Fsp3) is 0.312. The van der Waals surface area contributed by atoms with E-state index in [-0.39, 0.29) is 17.9 Å². The Hall–Kier alpha value is -3.05. The predicted octanol–water partition coefficient (Wildman–Crippen LogP) is 0.551. The van der Waals surface area contributed by atoms with Crippen molar-refractivity contribution in [2.24, 2.45) is 0 Å². The maximum absolute atomic E-state index is 12.1. The van der Waals surface area contributed by atoms with Crippen molar-refractivity contribution in [2.45, 2.75) is 31.9 Å². The van der Waals surface area contributed by atoms with Crippen molar-refractivity contribution >= 4 is 11.9 Å². The molecule has 0 bridgehead atoms. The maximum Gasteiger partial charge on any atom is 0.326 e. The number of aliphatic carboxylic acids is 1. The SMILES string of the molecule is CC(C)(O)C#Cc1ccc(C(=O)N[C@@H](Cc2cnc[nH]2)C(=O)O)o1. The van der Waals surface area contributed by atoms with E-state index < -0.39 is 23.5 Å². The van der Waals surface area contributed by atoms with E-state index in [2.05, 4.69) is 27.1 Å². The van der Waals surface area contributed by atoms with Gasteiger partial charge in [-0.15, -0.1) is 0 Å². The summed E-state index contributed by atoms with van der Waals surface area (Å²) in [4.78, 5) is 30.0. The molecule has 0 spiro atoms. The number of hydrogen-bond donors (Lipinski definition) is 4. The highest BCUT2D eigenvalue weighted by molar-refractivity contribution is 5.94. The van der Waals surface area contributed by atoms with E-state index >= 15 is 0 Å². The van der Waals surface area contributed by atoms with Crippen LogP contribution >= 0.6 is 0 Å². The maximum atomic E-state index is 12.1. The lowest BCUT2D eigenvalue weighted by Gasteiger charge is -2.12. The molecule has 0 aliphatic rings. The van der Waals surface area contributed by atoms with Crippen LogP contribution in [0.5, 0.6) is 0 Å². The molecule has 4 N–H and O–H groups in total. The number of nitrogens with zero attached hydrogens (tertiary/aromatic N) is 1. The average Bonchev–Trinajstić information content (AvgIpc) is 3.15. The number of furan rings is 1. The minimum Gasteiger partial charge on any atom is -0.480 e. The number of rotatable bonds is 5. The van der Waals surface area contributed by atoms with Gasteiger partial charge >= 0.3 is 5.97 Å². The number of aromatic nitrogens is 2. The van der Waals surface area contributed by atoms with Gasteiger partial charge in [0.15, 0.2) is 11.5 Å². The van der Waals surface area contributed by atoms with Crippen LogP contribution in [-0.4, -0.2) is 43.7 Å². The van der Waals surface area contributed by atoms with Crippen molar-refractivity contribution < 1.29 is 24.2 Å². The molecule has 126 valence electrons. The smallest absolute Gasteiger partial charge is 0.326 e. The molecular weight excluding hydrogens is 314 g/mol. The number of nitrogens with one attached hydrogen (secondary N) is 2. The van der Waals surface area contributed by atoms with E-state index in [4.69, 9.17) is 4.42 Å². The highest BCUT2D eigenvalue weighted by atomic mass is 16.4. The summed E-state index contributed by atoms with van der Waals surface area (Å²) in [6, 6.07) is 1.73. The third-order valence-electron chi connectivity index (χ3n) is 2.90. The lowest BCUT2D eigenvalue weighted by molar-refractivity contribution is -0.139. The summed E-state index contributed by atoms with van der Waals surface area (Å²) >= 11 is 0. The first-order valence-corrected chi connectivity index (χ1v) is 7.11. The number of imidazole rings is 1. The van der Waals surface area contributed by atoms with Gasteiger partial charge in [-0.05, 0) is 31.9 Å². The molecule has 1 amide bonds. The number of carboxylic acid groups (broad SMARTS) is 1. The number of hydrogen-bond acceptors (Lipinski definition) is 5. The van der Waals surface area contributed by atoms with Crippen LogP contribution in [0.1, 0.15) is 35.9 Å². The Kier molecular flexibility index (Phi) is 5.06. The Balaban J connectivity index is 2.06. The zero-order valence-corrected chi connectivity index (χ0v) is 13.2. The molecule has 8 heteroatoms. The Morgan fingerprint density at radius 2 is 2.21 bits per heavy atom. The van der Waals surface area contributed by atoms with Gasteiger partial charge in [-0.1, -0.05) is 5.92 Å². The molecule has 2 aromatic heterocycles. The minimum absolute atomic E-state index is 0.0626. The van der Waals surface area contributed by atoms with Crippen LogP contribution < -0.4 is 5.32 Å². The van der Waals surface area contributed by atoms with E-state index in [1.54, 1.807) is 0 Å². The zero-order valence-electron chi connectivity index (χ0n) is 13.2. The van der Waals surface area contributed by atoms with Crippen molar-refractivity contribution in [1.29, 1.82) is 0 Å². The van der Waals surface area contributed by atoms with Gasteiger partial charge in [0.2, 0.25) is 0 Å². The first-order chi connectivity index (χ1) is 11.2. The standard InChI is InChI=1S/C16H17N3O5/c1-16(2,23)6-5-11-3-4-13(24-11)14(20)19-12(15(21)22)7-10-8-17-9-18-10/h3-4,8-9,12,23H,7H2,1-2H3,(H,17,18)(H,19,20)(H,21,22)/t12-/m0/s1. The Bertz CT molecular complexity index is 775. The molecule has 0 saturated heterocycles. The van der Waals surface area contributed by atoms with Crippen LogP contribution in [0.3, 0.4) is 0 Å². The summed E-state index contributed by atoms with van der Waals surface area (Å²) in [5.41, 5.74) is -0.605. The monoisotopic (exact) mass is 331 g/mol. The fourth-order valence-corrected chi connectivity index (χ4v) is 1.79. The van der Waals surface area contributed by atoms with Gasteiger partial charge in [0, 0.05) is 18.3 Å². The molecule has 0 fully saturated rings. The van der Waals surface area contributed by atoms with Crippen LogP contribution in [0.25, 0.3) is 0 Å². The lowest BCUT2D eigenvalue weighted by atomic mass is 10.1. The summed E-state index contributed by atoms with van der Waals surface area (Å²) in [5, 5.41) is 21.1. The molecule has 0 aromatic carbocycles. The van der Waals surface area contributed by atoms with Crippen molar-refractivity contribution in [3.05, 3.63) is 41.9 Å². The molecule has 24 heavy (non-hydrogen) atoms. The van der Waals surface area contributed by atoms with Crippen molar-refractivity contribution in [1.82, 2.24) is 15.3 Å². The molecular formula is C16H17N3O5. The van der Waals surface area contributed by atoms with Crippen LogP contribution in [0.4, 0.5) is 0 Å². The van der Waals surface area contributed by atoms with Gasteiger partial charge in [0.05, 0.1) is 6.33 Å². The number of H-pyrrole nitrogens is 1. The number of aliphatic hydroxyl groups is 1. The fourth-order valence-electron chi connectivity index (χ4n) is 1.79. The molecule has 0 aliphatic heterocycles. The molecule has 8 nitrogen and oxygen atoms in total. The Labute approximate surface area is 137 Å². The summed E-state index contributed by atoms with van der Waals surface area (Å²) in [7, 11) is 0. The second-order valence-electron chi connectivity index (χ2n) is 5.62. The molecule has 2 aromatic rings. The molecule has 0 radical (unpaired) electrons. The second kappa shape index (κ2) is 7.02. The minimum atomic E-state index is -1.19. The average molecular weight is 331 g/mol. The first kappa shape index (κ1) is 17.3. The van der Waals surface area contributed by atoms with Crippen molar-refractivity contribution in [3.63, 3.8) is 0 Å². The van der Waals surface area contributed by atoms with Gasteiger partial charge < -0.3 is 24.9 Å². The van der Waals surface area contributed by atoms with E-state index in [1.807, 2.05) is 0 Å². The largest absolute Gasteiger partial charge is 0.480 e. The molecule has 2 rings (SSSR count). The lowest BCUT2D eigenvalue weighted by Crippen LogP contribution is -2.42. The summed E-state index contributed by atoms with van der Waals surface area (Å²) < 4.78 is 5.25. The van der Waals surface area contributed by atoms with E-state index in [0.29, 0.717) is 5.69 Å². The predicted molar refractivity (Wildman–Crippen MR) is 83.1 cm³/mol. The van der Waals surface area contributed by atoms with Crippen LogP contribution in [0.2, 0.25) is 0 Å². The van der Waals surface area contributed by atoms with Gasteiger partial charge in [-0.2, -0.15) is 0 Å². The van der Waals surface area contributed by atoms with E-state index in [9.17, 15) is 19.8 Å². The van der Waals surface area contributed by atoms with Gasteiger partial charge in [-0.25, -0.2) is 9.78 Å². The van der Waals surface area contributed by atoms with Crippen LogP contribution in [-0.2, 0) is 11.2 Å². The molecule has 0 aliphatic carbocycles. The number of amides is 1. The third kappa shape index (κ3) is 5.00. The normalized spacial score (nSPS) is 12.1. The number of carboxylic acids is 1. The summed E-state index contributed by atoms with van der Waals surface area (Å²) in [6.07, 6.45) is 2.97. The number of aromatic amines is 1. The highest BCUT2D eigenvalue weighted by Crippen LogP contribution is 2.09. The van der Waals surface area contributed by atoms with Crippen LogP contribution in [0.15, 0.2) is 29.1 Å². The van der Waals surface area contributed by atoms with Crippen LogP contribution in [0, 0.1) is 11.8 Å². The molecule has 0 saturated carbocycles. The molecule has 0 unspecified atom stereocenters. The van der Waals surface area contributed by atoms with E-state index in [1.165, 1.54) is 38.5 Å². The van der Waals surface area contributed by atoms with Crippen molar-refractivity contribution in [3.8, 4) is 11.8 Å². The van der Waals surface area contributed by atoms with Gasteiger partial charge in [-0.3, -0.25) is 4.79 Å². The third-order valence-corrected chi connectivity index (χ3v) is 2.90. The van der Waals surface area contributed by atoms with Crippen molar-refractivity contribution in [2.75, 3.05) is 0 Å². The first-order valence-electron chi connectivity index (χ1n) is 7.11. The number of carbonyl (C=O) groups is 2. The topological polar surface area (TPSA) is 128 Å². The number of carbonyl (C=O) groups excluding carboxylic acids is 1. The summed E-state index contributed by atoms with van der Waals surface area (Å²) in [5.74, 6) is 3.44.